The van der Waals surface area contributed by atoms with Crippen molar-refractivity contribution in [3.05, 3.63) is 16.8 Å². The van der Waals surface area contributed by atoms with Crippen molar-refractivity contribution in [1.29, 1.82) is 0 Å². The summed E-state index contributed by atoms with van der Waals surface area (Å²) in [5.74, 6) is 0. The first kappa shape index (κ1) is 7.48. The van der Waals surface area contributed by atoms with Gasteiger partial charge in [-0.15, -0.1) is 5.73 Å². The Morgan fingerprint density at radius 2 is 2.29 bits per heavy atom. The lowest BCUT2D eigenvalue weighted by atomic mass is 10.5. The molecular weight excluding hydrogens is 220 g/mol. The van der Waals surface area contributed by atoms with Gasteiger partial charge < -0.3 is 0 Å². The Bertz CT molecular complexity index is 88.3. The Hall–Kier alpha value is 0.480. The molecule has 0 fully saturated rings. The fourth-order valence-electron chi connectivity index (χ4n) is 0.169. The lowest BCUT2D eigenvalue weighted by Gasteiger charge is -1.82. The van der Waals surface area contributed by atoms with Crippen molar-refractivity contribution in [3.63, 3.8) is 0 Å². The fraction of sp³-hybridized carbons (Fsp3) is 0.400. The Labute approximate surface area is 60.6 Å². The SMILES string of the molecule is CC(Br)C=C=CBr. The zero-order valence-corrected chi connectivity index (χ0v) is 7.16. The van der Waals surface area contributed by atoms with E-state index >= 15 is 0 Å². The molecular formula is C5H6Br2. The number of allylic oxidation sites excluding steroid dienone is 1. The first-order valence-electron chi connectivity index (χ1n) is 1.92. The van der Waals surface area contributed by atoms with Crippen LogP contribution in [0.15, 0.2) is 16.8 Å². The van der Waals surface area contributed by atoms with Crippen LogP contribution >= 0.6 is 31.9 Å². The molecule has 0 nitrogen and oxygen atoms in total. The van der Waals surface area contributed by atoms with Gasteiger partial charge in [-0.25, -0.2) is 0 Å². The average molecular weight is 226 g/mol. The molecule has 0 rings (SSSR count). The molecule has 0 saturated heterocycles. The molecule has 1 atom stereocenters. The van der Waals surface area contributed by atoms with E-state index in [2.05, 4.69) is 37.6 Å². The summed E-state index contributed by atoms with van der Waals surface area (Å²) in [4.78, 5) is 2.12. The van der Waals surface area contributed by atoms with E-state index in [0.717, 1.165) is 0 Å². The van der Waals surface area contributed by atoms with E-state index in [1.165, 1.54) is 0 Å². The average Bonchev–Trinajstić information content (AvgIpc) is 1.61. The Morgan fingerprint density at radius 3 is 2.43 bits per heavy atom. The highest BCUT2D eigenvalue weighted by molar-refractivity contribution is 9.11. The second-order valence-corrected chi connectivity index (χ2v) is 3.02. The molecule has 0 aliphatic heterocycles. The van der Waals surface area contributed by atoms with E-state index in [0.29, 0.717) is 4.83 Å². The van der Waals surface area contributed by atoms with Gasteiger partial charge in [-0.05, 0) is 13.0 Å². The van der Waals surface area contributed by atoms with Crippen LogP contribution in [0.2, 0.25) is 0 Å². The van der Waals surface area contributed by atoms with Crippen molar-refractivity contribution in [2.75, 3.05) is 0 Å². The maximum Gasteiger partial charge on any atom is 0.0371 e. The van der Waals surface area contributed by atoms with Crippen LogP contribution in [0.4, 0.5) is 0 Å². The number of alkyl halides is 1. The molecule has 0 aromatic carbocycles. The van der Waals surface area contributed by atoms with Gasteiger partial charge in [-0.2, -0.15) is 0 Å². The van der Waals surface area contributed by atoms with Gasteiger partial charge in [0.05, 0.1) is 0 Å². The third kappa shape index (κ3) is 6.48. The minimum Gasteiger partial charge on any atom is -0.117 e. The third-order valence-electron chi connectivity index (χ3n) is 0.389. The first-order valence-corrected chi connectivity index (χ1v) is 3.76. The first-order chi connectivity index (χ1) is 3.27. The largest absolute Gasteiger partial charge is 0.117 e. The molecule has 40 valence electrons. The number of hydrogen-bond donors (Lipinski definition) is 0. The van der Waals surface area contributed by atoms with Crippen molar-refractivity contribution >= 4 is 31.9 Å². The van der Waals surface area contributed by atoms with Crippen LogP contribution in [0.3, 0.4) is 0 Å². The maximum absolute atomic E-state index is 3.32. The van der Waals surface area contributed by atoms with E-state index in [-0.39, 0.29) is 0 Å². The predicted molar refractivity (Wildman–Crippen MR) is 40.0 cm³/mol. The van der Waals surface area contributed by atoms with Crippen LogP contribution in [0.1, 0.15) is 6.92 Å². The van der Waals surface area contributed by atoms with Crippen LogP contribution in [-0.2, 0) is 0 Å². The molecule has 0 radical (unpaired) electrons. The molecule has 0 bridgehead atoms. The highest BCUT2D eigenvalue weighted by Gasteiger charge is 1.79. The van der Waals surface area contributed by atoms with Gasteiger partial charge in [0.2, 0.25) is 0 Å². The maximum atomic E-state index is 3.32. The van der Waals surface area contributed by atoms with Crippen LogP contribution < -0.4 is 0 Å². The zero-order chi connectivity index (χ0) is 5.70. The summed E-state index contributed by atoms with van der Waals surface area (Å²) in [6.45, 7) is 2.03. The number of halogens is 2. The van der Waals surface area contributed by atoms with Crippen LogP contribution in [-0.4, -0.2) is 4.83 Å². The fourth-order valence-corrected chi connectivity index (χ4v) is 0.474. The van der Waals surface area contributed by atoms with Gasteiger partial charge in [0, 0.05) is 9.81 Å². The summed E-state index contributed by atoms with van der Waals surface area (Å²) in [6.07, 6.45) is 1.91. The second-order valence-electron chi connectivity index (χ2n) is 1.12. The molecule has 0 heterocycles. The summed E-state index contributed by atoms with van der Waals surface area (Å²) < 4.78 is 0. The summed E-state index contributed by atoms with van der Waals surface area (Å²) in [5.41, 5.74) is 2.87. The van der Waals surface area contributed by atoms with Gasteiger partial charge in [-0.1, -0.05) is 31.9 Å². The standard InChI is InChI=1S/C5H6Br2/c1-5(7)3-2-4-6/h3-5H,1H3. The second kappa shape index (κ2) is 4.63. The normalized spacial score (nSPS) is 11.9. The summed E-state index contributed by atoms with van der Waals surface area (Å²) in [7, 11) is 0. The van der Waals surface area contributed by atoms with E-state index in [1.54, 1.807) is 4.99 Å². The van der Waals surface area contributed by atoms with Crippen molar-refractivity contribution in [1.82, 2.24) is 0 Å². The highest BCUT2D eigenvalue weighted by Crippen LogP contribution is 1.96. The monoisotopic (exact) mass is 224 g/mol. The van der Waals surface area contributed by atoms with E-state index in [4.69, 9.17) is 0 Å². The summed E-state index contributed by atoms with van der Waals surface area (Å²) >= 11 is 6.41. The molecule has 7 heavy (non-hydrogen) atoms. The van der Waals surface area contributed by atoms with Gasteiger partial charge in [-0.3, -0.25) is 0 Å². The lowest BCUT2D eigenvalue weighted by molar-refractivity contribution is 1.28. The minimum absolute atomic E-state index is 0.418. The predicted octanol–water partition coefficient (Wildman–Crippen LogP) is 2.83. The van der Waals surface area contributed by atoms with Gasteiger partial charge in [0.1, 0.15) is 0 Å². The van der Waals surface area contributed by atoms with E-state index < -0.39 is 0 Å². The molecule has 0 aromatic rings. The van der Waals surface area contributed by atoms with Crippen LogP contribution in [0, 0.1) is 0 Å². The summed E-state index contributed by atoms with van der Waals surface area (Å²) in [5, 5.41) is 0. The van der Waals surface area contributed by atoms with Crippen molar-refractivity contribution in [2.45, 2.75) is 11.8 Å². The Kier molecular flexibility index (Phi) is 4.95. The number of hydrogen-bond acceptors (Lipinski definition) is 0. The molecule has 0 aliphatic rings. The van der Waals surface area contributed by atoms with E-state index in [1.807, 2.05) is 13.0 Å². The van der Waals surface area contributed by atoms with Gasteiger partial charge >= 0.3 is 0 Å². The minimum atomic E-state index is 0.418. The Balaban J connectivity index is 3.46. The topological polar surface area (TPSA) is 0 Å². The molecule has 0 amide bonds. The molecule has 0 spiro atoms. The smallest absolute Gasteiger partial charge is 0.0371 e. The quantitative estimate of drug-likeness (QED) is 0.476. The van der Waals surface area contributed by atoms with Gasteiger partial charge in [0.15, 0.2) is 0 Å². The van der Waals surface area contributed by atoms with Crippen LogP contribution in [0.25, 0.3) is 0 Å². The molecule has 2 heteroatoms. The van der Waals surface area contributed by atoms with Crippen molar-refractivity contribution in [3.8, 4) is 0 Å². The van der Waals surface area contributed by atoms with Gasteiger partial charge in [0.25, 0.3) is 0 Å². The van der Waals surface area contributed by atoms with E-state index in [9.17, 15) is 0 Å². The highest BCUT2D eigenvalue weighted by atomic mass is 79.9. The lowest BCUT2D eigenvalue weighted by Crippen LogP contribution is -1.75. The molecule has 0 aromatic heterocycles. The van der Waals surface area contributed by atoms with Crippen molar-refractivity contribution < 1.29 is 0 Å². The molecule has 1 unspecified atom stereocenters. The summed E-state index contributed by atoms with van der Waals surface area (Å²) in [6, 6.07) is 0. The van der Waals surface area contributed by atoms with Crippen LogP contribution in [0.5, 0.6) is 0 Å². The van der Waals surface area contributed by atoms with Crippen molar-refractivity contribution in [2.24, 2.45) is 0 Å². The Morgan fingerprint density at radius 1 is 1.71 bits per heavy atom. The zero-order valence-electron chi connectivity index (χ0n) is 3.99. The number of rotatable bonds is 1. The molecule has 0 aliphatic carbocycles. The third-order valence-corrected chi connectivity index (χ3v) is 0.918. The molecule has 0 N–H and O–H groups in total. The molecule has 0 saturated carbocycles.